The Bertz CT molecular complexity index is 3550. The van der Waals surface area contributed by atoms with Crippen LogP contribution >= 0.6 is 0 Å². The van der Waals surface area contributed by atoms with Crippen LogP contribution in [-0.4, -0.2) is 11.4 Å². The van der Waals surface area contributed by atoms with E-state index < -0.39 is 0 Å². The van der Waals surface area contributed by atoms with Crippen molar-refractivity contribution in [2.45, 2.75) is 257 Å². The van der Waals surface area contributed by atoms with Gasteiger partial charge in [-0.15, -0.1) is 0 Å². The first-order chi connectivity index (χ1) is 41.8. The van der Waals surface area contributed by atoms with E-state index in [1.54, 1.807) is 0 Å². The van der Waals surface area contributed by atoms with Crippen LogP contribution in [-0.2, 0) is 16.5 Å². The molecule has 0 amide bonds. The minimum atomic E-state index is 0. The number of rotatable bonds is 18. The standard InChI is InChI=1S/C39H45N4O.C38H46N3O.Ni/c1-22(2)29-18-24(21-40)19-30(23(3)4)38(29)44-39(35-31(25-10-6-11-25)20-32(42-35)26-12-7-13-26)37-33(27-14-8-15-27)36(41-5)34(43-37)28-16-9-17-28;1-22(2)29-17-24(21-39)18-30(23(3)4)37(29)42-38(35-31(25-9-5-10-25)19-33(40-35)27-13-7-14-27)36-32(26-11-6-12-26)20-34(41-36)28-15-8-16-28;/h18-20,22-23,25-28H,6-17H2,1-4H3;17-20,22-23,25-28H,5-16H2,1-4H3;/q2*-1;+2/b39-35+;38-35+;. The summed E-state index contributed by atoms with van der Waals surface area (Å²) in [6, 6.07) is 15.3. The van der Waals surface area contributed by atoms with Crippen LogP contribution < -0.4 is 19.4 Å². The van der Waals surface area contributed by atoms with Crippen molar-refractivity contribution in [2.24, 2.45) is 33.7 Å². The number of benzene rings is 2. The fraction of sp³-hybridized carbons (Fsp3) is 0.571. The molecule has 14 rings (SSSR count). The Labute approximate surface area is 529 Å². The molecule has 9 nitrogen and oxygen atoms in total. The van der Waals surface area contributed by atoms with E-state index in [4.69, 9.17) is 36.0 Å². The zero-order chi connectivity index (χ0) is 59.5. The van der Waals surface area contributed by atoms with Crippen LogP contribution in [0.4, 0.5) is 5.69 Å². The van der Waals surface area contributed by atoms with Crippen LogP contribution in [0.2, 0.25) is 0 Å². The predicted octanol–water partition coefficient (Wildman–Crippen LogP) is 20.6. The zero-order valence-corrected chi connectivity index (χ0v) is 54.2. The third-order valence-electron chi connectivity index (χ3n) is 22.1. The molecular weight excluding hydrogens is 1110 g/mol. The van der Waals surface area contributed by atoms with Gasteiger partial charge in [-0.25, -0.2) is 14.8 Å². The van der Waals surface area contributed by atoms with Crippen molar-refractivity contribution < 1.29 is 26.0 Å². The number of aliphatic imine (C=N–C) groups is 2. The molecule has 4 heterocycles. The minimum absolute atomic E-state index is 0. The molecule has 456 valence electrons. The van der Waals surface area contributed by atoms with Crippen molar-refractivity contribution in [3.63, 3.8) is 0 Å². The summed E-state index contributed by atoms with van der Waals surface area (Å²) in [6.45, 7) is 25.9. The van der Waals surface area contributed by atoms with Crippen molar-refractivity contribution >= 4 is 28.6 Å². The minimum Gasteiger partial charge on any atom is -0.668 e. The molecule has 87 heavy (non-hydrogen) atoms. The fourth-order valence-corrected chi connectivity index (χ4v) is 14.6. The van der Waals surface area contributed by atoms with E-state index in [-0.39, 0.29) is 40.2 Å². The normalized spacial score (nSPS) is 22.1. The molecular formula is C77H91N7NiO2. The number of hydrogen-bond acceptors (Lipinski definition) is 6. The Hall–Kier alpha value is -6.14. The van der Waals surface area contributed by atoms with Gasteiger partial charge in [-0.2, -0.15) is 21.9 Å². The van der Waals surface area contributed by atoms with Gasteiger partial charge in [-0.3, -0.25) is 0 Å². The molecule has 0 radical (unpaired) electrons. The van der Waals surface area contributed by atoms with Gasteiger partial charge in [0.15, 0.2) is 5.69 Å². The van der Waals surface area contributed by atoms with E-state index in [0.717, 1.165) is 111 Å². The quantitative estimate of drug-likeness (QED) is 0.0555. The molecule has 0 spiro atoms. The Kier molecular flexibility index (Phi) is 18.1. The molecule has 2 aromatic carbocycles. The summed E-state index contributed by atoms with van der Waals surface area (Å²) in [6.07, 6.45) is 34.1. The van der Waals surface area contributed by atoms with E-state index in [9.17, 15) is 10.5 Å². The molecule has 10 heteroatoms. The third-order valence-corrected chi connectivity index (χ3v) is 22.1. The summed E-state index contributed by atoms with van der Waals surface area (Å²) in [4.78, 5) is 26.0. The van der Waals surface area contributed by atoms with E-state index in [1.165, 1.54) is 162 Å². The van der Waals surface area contributed by atoms with Crippen LogP contribution in [0.1, 0.15) is 324 Å². The SMILES string of the molecule is CC(C)c1cc(C#N)cc(C(C)C)c1O/C(=C1/N=C(C2CCC2)C=C1C1CCC1)c1[n-]c(C2CCC2)cc1C1CCC1.[C-]#[N+]c1c(C2CCC2)[n-]c(/C(Oc2c(C(C)C)cc(C#N)cc2C(C)C)=C2\N=C(C3CCC3)C=C2C2CCC2)c1C1CCC1.[Ni+2]. The van der Waals surface area contributed by atoms with E-state index in [2.05, 4.69) is 90.6 Å². The van der Waals surface area contributed by atoms with Crippen LogP contribution in [0.15, 0.2) is 75.0 Å². The maximum Gasteiger partial charge on any atom is 2.00 e. The maximum atomic E-state index is 9.92. The summed E-state index contributed by atoms with van der Waals surface area (Å²) in [5.74, 6) is 8.18. The van der Waals surface area contributed by atoms with Gasteiger partial charge in [0.25, 0.3) is 0 Å². The molecule has 0 saturated heterocycles. The molecule has 0 atom stereocenters. The molecule has 8 saturated carbocycles. The predicted molar refractivity (Wildman–Crippen MR) is 346 cm³/mol. The summed E-state index contributed by atoms with van der Waals surface area (Å²) < 4.78 is 14.7. The van der Waals surface area contributed by atoms with Gasteiger partial charge in [0.05, 0.1) is 29.8 Å². The van der Waals surface area contributed by atoms with Crippen molar-refractivity contribution in [3.8, 4) is 23.6 Å². The number of aromatic nitrogens is 2. The monoisotopic (exact) mass is 1200 g/mol. The smallest absolute Gasteiger partial charge is 0.668 e. The number of hydrogen-bond donors (Lipinski definition) is 0. The summed E-state index contributed by atoms with van der Waals surface area (Å²) >= 11 is 0. The fourth-order valence-electron chi connectivity index (χ4n) is 14.6. The van der Waals surface area contributed by atoms with Crippen molar-refractivity contribution in [3.05, 3.63) is 144 Å². The van der Waals surface area contributed by atoms with Gasteiger partial charge in [-0.05, 0) is 232 Å². The van der Waals surface area contributed by atoms with Gasteiger partial charge in [-0.1, -0.05) is 135 Å². The van der Waals surface area contributed by atoms with Crippen molar-refractivity contribution in [1.82, 2.24) is 9.97 Å². The number of ether oxygens (including phenoxy) is 2. The molecule has 2 aromatic heterocycles. The first kappa shape index (κ1) is 61.1. The average molecular weight is 1210 g/mol. The van der Waals surface area contributed by atoms with E-state index >= 15 is 0 Å². The summed E-state index contributed by atoms with van der Waals surface area (Å²) in [7, 11) is 0. The van der Waals surface area contributed by atoms with Crippen molar-refractivity contribution in [2.75, 3.05) is 0 Å². The van der Waals surface area contributed by atoms with Gasteiger partial charge in [0.2, 0.25) is 0 Å². The second-order valence-electron chi connectivity index (χ2n) is 28.9. The summed E-state index contributed by atoms with van der Waals surface area (Å²) in [5, 5.41) is 19.8. The molecule has 0 bridgehead atoms. The molecule has 4 aromatic rings. The number of allylic oxidation sites excluding steroid dienone is 4. The second kappa shape index (κ2) is 25.8. The largest absolute Gasteiger partial charge is 2.00 e. The summed E-state index contributed by atoms with van der Waals surface area (Å²) in [5.41, 5.74) is 20.3. The Balaban J connectivity index is 0.000000168. The first-order valence-electron chi connectivity index (χ1n) is 34.2. The van der Waals surface area contributed by atoms with Crippen LogP contribution in [0.3, 0.4) is 0 Å². The Morgan fingerprint density at radius 2 is 0.851 bits per heavy atom. The van der Waals surface area contributed by atoms with Crippen LogP contribution in [0.25, 0.3) is 16.4 Å². The number of nitriles is 2. The third kappa shape index (κ3) is 11.7. The maximum absolute atomic E-state index is 9.92. The first-order valence-corrected chi connectivity index (χ1v) is 34.2. The van der Waals surface area contributed by atoms with Crippen molar-refractivity contribution in [1.29, 1.82) is 10.5 Å². The van der Waals surface area contributed by atoms with E-state index in [0.29, 0.717) is 58.5 Å². The Morgan fingerprint density at radius 1 is 0.483 bits per heavy atom. The van der Waals surface area contributed by atoms with Gasteiger partial charge in [0, 0.05) is 23.3 Å². The topological polar surface area (TPSA) is 123 Å². The second-order valence-corrected chi connectivity index (χ2v) is 28.9. The zero-order valence-electron chi connectivity index (χ0n) is 53.2. The van der Waals surface area contributed by atoms with Crippen LogP contribution in [0, 0.1) is 52.9 Å². The van der Waals surface area contributed by atoms with Gasteiger partial charge >= 0.3 is 16.5 Å². The molecule has 10 aliphatic rings. The Morgan fingerprint density at radius 3 is 1.17 bits per heavy atom. The van der Waals surface area contributed by atoms with Crippen LogP contribution in [0.5, 0.6) is 11.5 Å². The molecule has 8 aliphatic carbocycles. The van der Waals surface area contributed by atoms with Gasteiger partial charge in [0.1, 0.15) is 34.4 Å². The van der Waals surface area contributed by atoms with E-state index in [1.807, 2.05) is 24.3 Å². The average Bonchev–Trinajstić information content (AvgIpc) is 1.65. The molecule has 2 aliphatic heterocycles. The number of nitrogens with zero attached hydrogens (tertiary/aromatic N) is 7. The van der Waals surface area contributed by atoms with Gasteiger partial charge < -0.3 is 19.4 Å². The molecule has 0 N–H and O–H groups in total. The molecule has 8 fully saturated rings. The molecule has 0 unspecified atom stereocenters.